The van der Waals surface area contributed by atoms with E-state index in [1.165, 1.54) is 4.90 Å². The van der Waals surface area contributed by atoms with Gasteiger partial charge in [-0.25, -0.2) is 4.39 Å². The van der Waals surface area contributed by atoms with Crippen molar-refractivity contribution < 1.29 is 19.2 Å². The molecular formula is C12H13FN2O4. The van der Waals surface area contributed by atoms with E-state index < -0.39 is 27.9 Å². The minimum atomic E-state index is -1.00. The van der Waals surface area contributed by atoms with Crippen LogP contribution in [0.4, 0.5) is 10.1 Å². The number of benzene rings is 1. The van der Waals surface area contributed by atoms with Crippen molar-refractivity contribution >= 4 is 11.6 Å². The number of nitro groups is 1. The molecule has 2 rings (SSSR count). The topological polar surface area (TPSA) is 83.7 Å². The van der Waals surface area contributed by atoms with Crippen molar-refractivity contribution in [2.24, 2.45) is 0 Å². The Kier molecular flexibility index (Phi) is 3.23. The third kappa shape index (κ3) is 2.70. The largest absolute Gasteiger partial charge is 0.388 e. The molecule has 1 atom stereocenters. The van der Waals surface area contributed by atoms with Gasteiger partial charge in [-0.1, -0.05) is 0 Å². The van der Waals surface area contributed by atoms with Crippen LogP contribution in [-0.4, -0.2) is 39.5 Å². The molecule has 19 heavy (non-hydrogen) atoms. The predicted molar refractivity (Wildman–Crippen MR) is 64.2 cm³/mol. The Morgan fingerprint density at radius 1 is 1.58 bits per heavy atom. The molecule has 1 aliphatic heterocycles. The van der Waals surface area contributed by atoms with Crippen molar-refractivity contribution in [3.63, 3.8) is 0 Å². The second kappa shape index (κ2) is 4.58. The van der Waals surface area contributed by atoms with Crippen LogP contribution in [0.2, 0.25) is 0 Å². The van der Waals surface area contributed by atoms with Gasteiger partial charge in [0, 0.05) is 19.2 Å². The SMILES string of the molecule is CC1(O)CCN(C(=O)c2cc(F)ccc2[N+](=O)[O-])C1. The van der Waals surface area contributed by atoms with Crippen LogP contribution in [0.15, 0.2) is 18.2 Å². The van der Waals surface area contributed by atoms with Gasteiger partial charge in [0.05, 0.1) is 10.5 Å². The van der Waals surface area contributed by atoms with E-state index in [-0.39, 0.29) is 12.1 Å². The summed E-state index contributed by atoms with van der Waals surface area (Å²) in [4.78, 5) is 23.6. The smallest absolute Gasteiger partial charge is 0.282 e. The molecule has 102 valence electrons. The predicted octanol–water partition coefficient (Wildman–Crippen LogP) is 1.33. The Hall–Kier alpha value is -2.02. The summed E-state index contributed by atoms with van der Waals surface area (Å²) in [5.41, 5.74) is -1.72. The molecule has 1 fully saturated rings. The Morgan fingerprint density at radius 2 is 2.26 bits per heavy atom. The number of nitrogens with zero attached hydrogens (tertiary/aromatic N) is 2. The first-order chi connectivity index (χ1) is 8.80. The molecule has 0 saturated carbocycles. The van der Waals surface area contributed by atoms with Crippen molar-refractivity contribution in [1.82, 2.24) is 4.90 Å². The van der Waals surface area contributed by atoms with Gasteiger partial charge < -0.3 is 10.0 Å². The highest BCUT2D eigenvalue weighted by atomic mass is 19.1. The van der Waals surface area contributed by atoms with E-state index in [4.69, 9.17) is 0 Å². The summed E-state index contributed by atoms with van der Waals surface area (Å²) in [5, 5.41) is 20.6. The number of carbonyl (C=O) groups excluding carboxylic acids is 1. The minimum Gasteiger partial charge on any atom is -0.388 e. The zero-order valence-corrected chi connectivity index (χ0v) is 10.3. The van der Waals surface area contributed by atoms with Crippen LogP contribution in [-0.2, 0) is 0 Å². The summed E-state index contributed by atoms with van der Waals surface area (Å²) < 4.78 is 13.2. The van der Waals surface area contributed by atoms with Crippen LogP contribution in [0.3, 0.4) is 0 Å². The van der Waals surface area contributed by atoms with E-state index in [1.54, 1.807) is 6.92 Å². The van der Waals surface area contributed by atoms with E-state index in [1.807, 2.05) is 0 Å². The van der Waals surface area contributed by atoms with Crippen LogP contribution in [0, 0.1) is 15.9 Å². The average molecular weight is 268 g/mol. The van der Waals surface area contributed by atoms with Gasteiger partial charge in [0.1, 0.15) is 11.4 Å². The summed E-state index contributed by atoms with van der Waals surface area (Å²) in [6.07, 6.45) is 0.391. The molecule has 1 aliphatic rings. The number of carbonyl (C=O) groups is 1. The molecular weight excluding hydrogens is 255 g/mol. The highest BCUT2D eigenvalue weighted by molar-refractivity contribution is 5.98. The number of hydrogen-bond acceptors (Lipinski definition) is 4. The molecule has 0 aliphatic carbocycles. The lowest BCUT2D eigenvalue weighted by molar-refractivity contribution is -0.385. The maximum atomic E-state index is 13.2. The maximum Gasteiger partial charge on any atom is 0.282 e. The molecule has 1 aromatic carbocycles. The lowest BCUT2D eigenvalue weighted by Crippen LogP contribution is -2.34. The fourth-order valence-corrected chi connectivity index (χ4v) is 2.13. The number of hydrogen-bond donors (Lipinski definition) is 1. The molecule has 0 aromatic heterocycles. The van der Waals surface area contributed by atoms with Gasteiger partial charge in [0.2, 0.25) is 0 Å². The number of halogens is 1. The maximum absolute atomic E-state index is 13.2. The first kappa shape index (κ1) is 13.4. The molecule has 0 radical (unpaired) electrons. The van der Waals surface area contributed by atoms with E-state index in [0.717, 1.165) is 18.2 Å². The number of likely N-dealkylation sites (tertiary alicyclic amines) is 1. The normalized spacial score (nSPS) is 22.6. The lowest BCUT2D eigenvalue weighted by atomic mass is 10.1. The van der Waals surface area contributed by atoms with Crippen molar-refractivity contribution in [2.75, 3.05) is 13.1 Å². The van der Waals surface area contributed by atoms with Gasteiger partial charge in [-0.3, -0.25) is 14.9 Å². The molecule has 0 bridgehead atoms. The number of β-amino-alcohol motifs (C(OH)–C–C–N with tert-alkyl or cyclic N) is 1. The van der Waals surface area contributed by atoms with Crippen molar-refractivity contribution in [3.8, 4) is 0 Å². The molecule has 7 heteroatoms. The Labute approximate surface area is 108 Å². The van der Waals surface area contributed by atoms with Gasteiger partial charge in [-0.05, 0) is 25.5 Å². The number of aliphatic hydroxyl groups is 1. The first-order valence-corrected chi connectivity index (χ1v) is 5.76. The number of nitro benzene ring substituents is 1. The number of rotatable bonds is 2. The van der Waals surface area contributed by atoms with Crippen LogP contribution in [0.25, 0.3) is 0 Å². The molecule has 1 saturated heterocycles. The van der Waals surface area contributed by atoms with Crippen molar-refractivity contribution in [2.45, 2.75) is 18.9 Å². The van der Waals surface area contributed by atoms with E-state index in [2.05, 4.69) is 0 Å². The highest BCUT2D eigenvalue weighted by Crippen LogP contribution is 2.26. The number of amides is 1. The van der Waals surface area contributed by atoms with Gasteiger partial charge >= 0.3 is 0 Å². The van der Waals surface area contributed by atoms with Crippen molar-refractivity contribution in [3.05, 3.63) is 39.7 Å². The molecule has 6 nitrogen and oxygen atoms in total. The Morgan fingerprint density at radius 3 is 2.79 bits per heavy atom. The standard InChI is InChI=1S/C12H13FN2O4/c1-12(17)4-5-14(7-12)11(16)9-6-8(13)2-3-10(9)15(18)19/h2-3,6,17H,4-5,7H2,1H3. The van der Waals surface area contributed by atoms with Gasteiger partial charge in [-0.15, -0.1) is 0 Å². The van der Waals surface area contributed by atoms with Crippen molar-refractivity contribution in [1.29, 1.82) is 0 Å². The van der Waals surface area contributed by atoms with Crippen LogP contribution < -0.4 is 0 Å². The Bertz CT molecular complexity index is 545. The van der Waals surface area contributed by atoms with Crippen LogP contribution in [0.5, 0.6) is 0 Å². The molecule has 1 N–H and O–H groups in total. The minimum absolute atomic E-state index is 0.0828. The molecule has 1 aromatic rings. The third-order valence-corrected chi connectivity index (χ3v) is 3.12. The van der Waals surface area contributed by atoms with Crippen LogP contribution >= 0.6 is 0 Å². The Balaban J connectivity index is 2.34. The second-order valence-electron chi connectivity index (χ2n) is 4.89. The quantitative estimate of drug-likeness (QED) is 0.648. The molecule has 1 heterocycles. The fraction of sp³-hybridized carbons (Fsp3) is 0.417. The second-order valence-corrected chi connectivity index (χ2v) is 4.89. The first-order valence-electron chi connectivity index (χ1n) is 5.76. The molecule has 1 amide bonds. The van der Waals surface area contributed by atoms with E-state index in [9.17, 15) is 24.4 Å². The molecule has 0 spiro atoms. The summed E-state index contributed by atoms with van der Waals surface area (Å²) >= 11 is 0. The summed E-state index contributed by atoms with van der Waals surface area (Å²) in [5.74, 6) is -1.34. The van der Waals surface area contributed by atoms with E-state index >= 15 is 0 Å². The lowest BCUT2D eigenvalue weighted by Gasteiger charge is -2.19. The van der Waals surface area contributed by atoms with Gasteiger partial charge in [0.25, 0.3) is 11.6 Å². The van der Waals surface area contributed by atoms with Gasteiger partial charge in [0.15, 0.2) is 0 Å². The van der Waals surface area contributed by atoms with Gasteiger partial charge in [-0.2, -0.15) is 0 Å². The summed E-state index contributed by atoms with van der Waals surface area (Å²) in [7, 11) is 0. The zero-order valence-electron chi connectivity index (χ0n) is 10.3. The summed E-state index contributed by atoms with van der Waals surface area (Å²) in [6.45, 7) is 1.96. The van der Waals surface area contributed by atoms with Crippen LogP contribution in [0.1, 0.15) is 23.7 Å². The third-order valence-electron chi connectivity index (χ3n) is 3.12. The molecule has 1 unspecified atom stereocenters. The highest BCUT2D eigenvalue weighted by Gasteiger charge is 2.36. The van der Waals surface area contributed by atoms with E-state index in [0.29, 0.717) is 13.0 Å². The fourth-order valence-electron chi connectivity index (χ4n) is 2.13. The average Bonchev–Trinajstić information content (AvgIpc) is 2.68. The summed E-state index contributed by atoms with van der Waals surface area (Å²) in [6, 6.07) is 2.76. The monoisotopic (exact) mass is 268 g/mol. The zero-order chi connectivity index (χ0) is 14.2.